The number of rotatable bonds is 9. The van der Waals surface area contributed by atoms with Crippen LogP contribution in [0, 0.1) is 23.7 Å². The highest BCUT2D eigenvalue weighted by molar-refractivity contribution is 7.92. The van der Waals surface area contributed by atoms with Crippen molar-refractivity contribution < 1.29 is 49.3 Å². The van der Waals surface area contributed by atoms with Gasteiger partial charge in [-0.05, 0) is 127 Å². The van der Waals surface area contributed by atoms with Crippen molar-refractivity contribution in [3.63, 3.8) is 0 Å². The first-order valence-electron chi connectivity index (χ1n) is 20.2. The van der Waals surface area contributed by atoms with E-state index in [4.69, 9.17) is 4.74 Å². The third-order valence-electron chi connectivity index (χ3n) is 9.56. The number of nitrogens with one attached hydrogen (secondary N) is 3. The SMILES string of the molecule is CC(C)(O)c1ccccc1-c1ccc2nc(C#Cc3ccc(OCC(F)(F)F)cc3)[nH]c2c1.CS(=O)(=O)Nc1ccccc1-c1ccc2nc(C#Cc3ccc(OCC(F)(F)F)cc3)[nH]c2c1. The van der Waals surface area contributed by atoms with Crippen LogP contribution in [0.2, 0.25) is 0 Å². The number of nitrogens with zero attached hydrogens (tertiary/aromatic N) is 2. The van der Waals surface area contributed by atoms with Crippen molar-refractivity contribution >= 4 is 37.8 Å². The third-order valence-corrected chi connectivity index (χ3v) is 10.1. The predicted molar refractivity (Wildman–Crippen MR) is 245 cm³/mol. The third kappa shape index (κ3) is 13.4. The van der Waals surface area contributed by atoms with Crippen molar-refractivity contribution in [3.05, 3.63) is 162 Å². The Morgan fingerprint density at radius 2 is 1.03 bits per heavy atom. The average molecular weight is 936 g/mol. The van der Waals surface area contributed by atoms with E-state index in [9.17, 15) is 39.9 Å². The summed E-state index contributed by atoms with van der Waals surface area (Å²) in [5.74, 6) is 12.8. The molecule has 8 rings (SSSR count). The molecule has 10 nitrogen and oxygen atoms in total. The Labute approximate surface area is 381 Å². The molecule has 0 fully saturated rings. The van der Waals surface area contributed by atoms with Crippen LogP contribution in [0.1, 0.15) is 42.2 Å². The summed E-state index contributed by atoms with van der Waals surface area (Å²) in [6.07, 6.45) is -7.68. The van der Waals surface area contributed by atoms with Gasteiger partial charge in [-0.15, -0.1) is 0 Å². The zero-order chi connectivity index (χ0) is 48.0. The average Bonchev–Trinajstić information content (AvgIpc) is 3.89. The van der Waals surface area contributed by atoms with Crippen LogP contribution in [0.15, 0.2) is 133 Å². The van der Waals surface area contributed by atoms with E-state index in [1.165, 1.54) is 24.3 Å². The van der Waals surface area contributed by atoms with Crippen molar-refractivity contribution in [2.24, 2.45) is 0 Å². The lowest BCUT2D eigenvalue weighted by Gasteiger charge is -2.21. The van der Waals surface area contributed by atoms with E-state index >= 15 is 0 Å². The molecule has 0 radical (unpaired) electrons. The number of aromatic nitrogens is 4. The lowest BCUT2D eigenvalue weighted by atomic mass is 9.89. The maximum Gasteiger partial charge on any atom is 0.422 e. The Morgan fingerprint density at radius 1 is 0.597 bits per heavy atom. The fraction of sp³-hybridized carbons (Fsp3) is 0.160. The first-order valence-corrected chi connectivity index (χ1v) is 22.1. The molecule has 0 bridgehead atoms. The number of hydrogen-bond acceptors (Lipinski definition) is 7. The normalized spacial score (nSPS) is 11.7. The Balaban J connectivity index is 0.000000199. The molecule has 342 valence electrons. The van der Waals surface area contributed by atoms with Crippen molar-refractivity contribution in [1.29, 1.82) is 0 Å². The maximum atomic E-state index is 12.2. The Kier molecular flexibility index (Phi) is 13.7. The second-order valence-electron chi connectivity index (χ2n) is 15.5. The number of alkyl halides is 6. The fourth-order valence-electron chi connectivity index (χ4n) is 6.63. The summed E-state index contributed by atoms with van der Waals surface area (Å²) < 4.78 is 109. The van der Waals surface area contributed by atoms with Gasteiger partial charge in [0.1, 0.15) is 11.5 Å². The van der Waals surface area contributed by atoms with Gasteiger partial charge in [-0.1, -0.05) is 66.4 Å². The highest BCUT2D eigenvalue weighted by Crippen LogP contribution is 2.33. The minimum absolute atomic E-state index is 0.102. The molecule has 0 unspecified atom stereocenters. The summed E-state index contributed by atoms with van der Waals surface area (Å²) in [6.45, 7) is 0.819. The van der Waals surface area contributed by atoms with E-state index in [1.807, 2.05) is 66.7 Å². The number of H-pyrrole nitrogens is 2. The number of imidazole rings is 2. The van der Waals surface area contributed by atoms with Crippen molar-refractivity contribution in [3.8, 4) is 57.4 Å². The lowest BCUT2D eigenvalue weighted by Crippen LogP contribution is -2.19. The largest absolute Gasteiger partial charge is 0.484 e. The van der Waals surface area contributed by atoms with E-state index in [0.717, 1.165) is 39.5 Å². The van der Waals surface area contributed by atoms with Crippen molar-refractivity contribution in [2.45, 2.75) is 31.8 Å². The smallest absolute Gasteiger partial charge is 0.422 e. The molecule has 0 atom stereocenters. The van der Waals surface area contributed by atoms with Crippen LogP contribution in [-0.2, 0) is 15.6 Å². The summed E-state index contributed by atoms with van der Waals surface area (Å²) in [5.41, 5.74) is 7.83. The van der Waals surface area contributed by atoms with E-state index in [0.29, 0.717) is 45.1 Å². The molecule has 17 heteroatoms. The number of anilines is 1. The zero-order valence-corrected chi connectivity index (χ0v) is 36.6. The molecule has 0 saturated carbocycles. The molecule has 2 aromatic heterocycles. The summed E-state index contributed by atoms with van der Waals surface area (Å²) in [7, 11) is -3.44. The van der Waals surface area contributed by atoms with Gasteiger partial charge in [0.25, 0.3) is 0 Å². The highest BCUT2D eigenvalue weighted by Gasteiger charge is 2.29. The van der Waals surface area contributed by atoms with E-state index in [-0.39, 0.29) is 11.5 Å². The van der Waals surface area contributed by atoms with Gasteiger partial charge in [0.15, 0.2) is 24.9 Å². The number of sulfonamides is 1. The predicted octanol–water partition coefficient (Wildman–Crippen LogP) is 10.7. The molecule has 0 aliphatic heterocycles. The number of ether oxygens (including phenoxy) is 2. The van der Waals surface area contributed by atoms with Gasteiger partial charge in [0.2, 0.25) is 10.0 Å². The second-order valence-corrected chi connectivity index (χ2v) is 17.3. The molecular weight excluding hydrogens is 897 g/mol. The number of hydrogen-bond donors (Lipinski definition) is 4. The summed E-state index contributed by atoms with van der Waals surface area (Å²) in [5, 5.41) is 10.5. The van der Waals surface area contributed by atoms with Crippen LogP contribution in [0.25, 0.3) is 44.3 Å². The minimum Gasteiger partial charge on any atom is -0.484 e. The number of fused-ring (bicyclic) bond motifs is 2. The van der Waals surface area contributed by atoms with Gasteiger partial charge in [0, 0.05) is 16.7 Å². The summed E-state index contributed by atoms with van der Waals surface area (Å²) in [6, 6.07) is 38.1. The van der Waals surface area contributed by atoms with Crippen LogP contribution < -0.4 is 14.2 Å². The molecule has 0 saturated heterocycles. The Morgan fingerprint density at radius 3 is 1.48 bits per heavy atom. The lowest BCUT2D eigenvalue weighted by molar-refractivity contribution is -0.154. The van der Waals surface area contributed by atoms with E-state index in [2.05, 4.69) is 53.1 Å². The number of halogens is 6. The molecule has 8 aromatic rings. The van der Waals surface area contributed by atoms with Gasteiger partial charge in [-0.3, -0.25) is 4.72 Å². The van der Waals surface area contributed by atoms with Crippen LogP contribution in [0.5, 0.6) is 11.5 Å². The monoisotopic (exact) mass is 935 g/mol. The first-order chi connectivity index (χ1) is 31.6. The minimum atomic E-state index is -4.40. The van der Waals surface area contributed by atoms with Gasteiger partial charge in [-0.25, -0.2) is 18.4 Å². The fourth-order valence-corrected chi connectivity index (χ4v) is 7.20. The molecule has 67 heavy (non-hydrogen) atoms. The standard InChI is InChI=1S/C26H21F3N2O2.C24H18F3N3O3S/c1-25(2,32)21-6-4-3-5-20(21)18-10-13-22-23(15-18)31-24(30-22)14-9-17-7-11-19(12-8-17)33-16-26(27,28)29;1-34(31,32)30-20-5-3-2-4-19(20)17-9-12-21-22(14-17)29-23(28-21)13-8-16-6-10-18(11-7-16)33-15-24(25,26)27/h3-8,10-13,15,32H,16H2,1-2H3,(H,30,31);2-7,9-12,14,30H,15H2,1H3,(H,28,29). The molecule has 6 aromatic carbocycles. The molecule has 2 heterocycles. The molecule has 0 amide bonds. The van der Waals surface area contributed by atoms with Crippen LogP contribution >= 0.6 is 0 Å². The second kappa shape index (κ2) is 19.4. The van der Waals surface area contributed by atoms with Gasteiger partial charge >= 0.3 is 12.4 Å². The first kappa shape index (κ1) is 47.2. The number of aliphatic hydroxyl groups is 1. The Hall–Kier alpha value is -7.73. The van der Waals surface area contributed by atoms with Gasteiger partial charge in [-0.2, -0.15) is 26.3 Å². The summed E-state index contributed by atoms with van der Waals surface area (Å²) in [4.78, 5) is 15.2. The van der Waals surface area contributed by atoms with Crippen LogP contribution in [-0.4, -0.2) is 65.3 Å². The van der Waals surface area contributed by atoms with Crippen LogP contribution in [0.4, 0.5) is 32.0 Å². The molecule has 4 N–H and O–H groups in total. The Bertz CT molecular complexity index is 3280. The number of aromatic amines is 2. The topological polar surface area (TPSA) is 142 Å². The van der Waals surface area contributed by atoms with Gasteiger partial charge in [0.05, 0.1) is 39.6 Å². The van der Waals surface area contributed by atoms with E-state index in [1.54, 1.807) is 56.3 Å². The quantitative estimate of drug-likeness (QED) is 0.0834. The number of benzene rings is 6. The molecule has 0 aliphatic rings. The highest BCUT2D eigenvalue weighted by atomic mass is 32.2. The molecule has 0 spiro atoms. The molecular formula is C50H39F6N5O5S. The maximum absolute atomic E-state index is 12.2. The number of para-hydroxylation sites is 1. The summed E-state index contributed by atoms with van der Waals surface area (Å²) >= 11 is 0. The van der Waals surface area contributed by atoms with Gasteiger partial charge < -0.3 is 24.5 Å². The zero-order valence-electron chi connectivity index (χ0n) is 35.8. The van der Waals surface area contributed by atoms with Crippen molar-refractivity contribution in [2.75, 3.05) is 24.2 Å². The van der Waals surface area contributed by atoms with Crippen molar-refractivity contribution in [1.82, 2.24) is 19.9 Å². The van der Waals surface area contributed by atoms with E-state index < -0.39 is 41.2 Å². The van der Waals surface area contributed by atoms with Crippen LogP contribution in [0.3, 0.4) is 0 Å². The molecule has 0 aliphatic carbocycles.